The Labute approximate surface area is 127 Å². The highest BCUT2D eigenvalue weighted by molar-refractivity contribution is 6.31. The van der Waals surface area contributed by atoms with Crippen LogP contribution in [0.5, 0.6) is 5.75 Å². The zero-order chi connectivity index (χ0) is 15.4. The van der Waals surface area contributed by atoms with Crippen molar-refractivity contribution in [1.82, 2.24) is 0 Å². The van der Waals surface area contributed by atoms with Gasteiger partial charge in [0.05, 0.1) is 9.95 Å². The first-order valence-corrected chi connectivity index (χ1v) is 6.76. The van der Waals surface area contributed by atoms with Crippen LogP contribution in [0.2, 0.25) is 5.02 Å². The number of halogens is 1. The largest absolute Gasteiger partial charge is 0.489 e. The Morgan fingerprint density at radius 3 is 2.71 bits per heavy atom. The van der Waals surface area contributed by atoms with Gasteiger partial charge in [0.25, 0.3) is 5.69 Å². The van der Waals surface area contributed by atoms with Crippen molar-refractivity contribution in [3.8, 4) is 5.75 Å². The molecule has 0 unspecified atom stereocenters. The summed E-state index contributed by atoms with van der Waals surface area (Å²) in [6.45, 7) is 2.13. The number of nitro groups is 1. The molecule has 1 atom stereocenters. The molecule has 110 valence electrons. The average Bonchev–Trinajstić information content (AvgIpc) is 2.46. The molecule has 0 amide bonds. The molecule has 0 bridgehead atoms. The lowest BCUT2D eigenvalue weighted by molar-refractivity contribution is -0.384. The van der Waals surface area contributed by atoms with Crippen molar-refractivity contribution in [3.63, 3.8) is 0 Å². The number of non-ortho nitro benzene ring substituents is 1. The van der Waals surface area contributed by atoms with E-state index in [2.05, 4.69) is 0 Å². The van der Waals surface area contributed by atoms with Gasteiger partial charge in [-0.15, -0.1) is 0 Å². The minimum Gasteiger partial charge on any atom is -0.489 e. The van der Waals surface area contributed by atoms with Crippen LogP contribution in [0.1, 0.15) is 24.1 Å². The first-order chi connectivity index (χ1) is 9.97. The molecule has 6 heteroatoms. The summed E-state index contributed by atoms with van der Waals surface area (Å²) >= 11 is 6.02. The molecule has 21 heavy (non-hydrogen) atoms. The summed E-state index contributed by atoms with van der Waals surface area (Å²) in [5.41, 5.74) is 7.44. The van der Waals surface area contributed by atoms with Crippen molar-refractivity contribution in [1.29, 1.82) is 0 Å². The average molecular weight is 307 g/mol. The Morgan fingerprint density at radius 1 is 1.33 bits per heavy atom. The summed E-state index contributed by atoms with van der Waals surface area (Å²) in [5, 5.41) is 11.0. The van der Waals surface area contributed by atoms with Gasteiger partial charge in [-0.05, 0) is 30.7 Å². The van der Waals surface area contributed by atoms with E-state index in [0.29, 0.717) is 16.3 Å². The molecule has 0 spiro atoms. The van der Waals surface area contributed by atoms with Crippen molar-refractivity contribution < 1.29 is 9.66 Å². The molecule has 2 rings (SSSR count). The molecule has 0 aliphatic heterocycles. The second-order valence-electron chi connectivity index (χ2n) is 4.68. The van der Waals surface area contributed by atoms with E-state index in [1.165, 1.54) is 12.1 Å². The van der Waals surface area contributed by atoms with Crippen LogP contribution in [-0.2, 0) is 6.61 Å². The van der Waals surface area contributed by atoms with E-state index in [9.17, 15) is 10.1 Å². The first kappa shape index (κ1) is 15.3. The summed E-state index contributed by atoms with van der Waals surface area (Å²) < 4.78 is 5.65. The number of benzene rings is 2. The highest BCUT2D eigenvalue weighted by Gasteiger charge is 2.10. The highest BCUT2D eigenvalue weighted by atomic mass is 35.5. The van der Waals surface area contributed by atoms with Crippen LogP contribution < -0.4 is 10.5 Å². The van der Waals surface area contributed by atoms with Gasteiger partial charge in [0.15, 0.2) is 0 Å². The zero-order valence-corrected chi connectivity index (χ0v) is 12.2. The quantitative estimate of drug-likeness (QED) is 0.672. The molecule has 2 aromatic rings. The van der Waals surface area contributed by atoms with Crippen LogP contribution in [0.25, 0.3) is 0 Å². The van der Waals surface area contributed by atoms with Gasteiger partial charge < -0.3 is 10.5 Å². The highest BCUT2D eigenvalue weighted by Crippen LogP contribution is 2.24. The number of nitro benzene ring substituents is 1. The molecule has 5 nitrogen and oxygen atoms in total. The van der Waals surface area contributed by atoms with Gasteiger partial charge in [-0.25, -0.2) is 0 Å². The summed E-state index contributed by atoms with van der Waals surface area (Å²) in [4.78, 5) is 10.2. The van der Waals surface area contributed by atoms with Crippen molar-refractivity contribution in [2.24, 2.45) is 5.73 Å². The molecule has 2 aromatic carbocycles. The monoisotopic (exact) mass is 306 g/mol. The molecule has 0 radical (unpaired) electrons. The third-order valence-corrected chi connectivity index (χ3v) is 3.38. The molecule has 0 fully saturated rings. The normalized spacial score (nSPS) is 12.0. The van der Waals surface area contributed by atoms with Crippen molar-refractivity contribution in [3.05, 3.63) is 68.7 Å². The van der Waals surface area contributed by atoms with E-state index in [4.69, 9.17) is 22.1 Å². The maximum atomic E-state index is 10.6. The van der Waals surface area contributed by atoms with E-state index in [-0.39, 0.29) is 18.3 Å². The van der Waals surface area contributed by atoms with E-state index >= 15 is 0 Å². The standard InChI is InChI=1S/C15H15ClN2O3/c1-10(17)11-3-2-4-14(7-11)21-9-12-5-6-13(18(19)20)8-15(12)16/h2-8,10H,9,17H2,1H3/t10-/m0/s1. The minimum atomic E-state index is -0.484. The molecule has 0 saturated carbocycles. The molecular formula is C15H15ClN2O3. The van der Waals surface area contributed by atoms with E-state index in [1.54, 1.807) is 6.07 Å². The topological polar surface area (TPSA) is 78.4 Å². The van der Waals surface area contributed by atoms with Crippen LogP contribution >= 0.6 is 11.6 Å². The lowest BCUT2D eigenvalue weighted by atomic mass is 10.1. The number of rotatable bonds is 5. The van der Waals surface area contributed by atoms with Gasteiger partial charge in [-0.1, -0.05) is 23.7 Å². The second kappa shape index (κ2) is 6.56. The Kier molecular flexibility index (Phi) is 4.77. The van der Waals surface area contributed by atoms with Gasteiger partial charge in [0.1, 0.15) is 12.4 Å². The van der Waals surface area contributed by atoms with Gasteiger partial charge in [-0.2, -0.15) is 0 Å². The third kappa shape index (κ3) is 3.93. The fourth-order valence-corrected chi connectivity index (χ4v) is 2.04. The Morgan fingerprint density at radius 2 is 2.10 bits per heavy atom. The fraction of sp³-hybridized carbons (Fsp3) is 0.200. The zero-order valence-electron chi connectivity index (χ0n) is 11.5. The number of hydrogen-bond acceptors (Lipinski definition) is 4. The minimum absolute atomic E-state index is 0.0392. The Bertz CT molecular complexity index is 659. The van der Waals surface area contributed by atoms with Crippen molar-refractivity contribution in [2.45, 2.75) is 19.6 Å². The predicted molar refractivity (Wildman–Crippen MR) is 81.5 cm³/mol. The molecular weight excluding hydrogens is 292 g/mol. The van der Waals surface area contributed by atoms with Gasteiger partial charge in [-0.3, -0.25) is 10.1 Å². The molecule has 0 aromatic heterocycles. The fourth-order valence-electron chi connectivity index (χ4n) is 1.82. The summed E-state index contributed by atoms with van der Waals surface area (Å²) in [7, 11) is 0. The summed E-state index contributed by atoms with van der Waals surface area (Å²) in [6, 6.07) is 11.7. The summed E-state index contributed by atoms with van der Waals surface area (Å²) in [5.74, 6) is 0.680. The smallest absolute Gasteiger partial charge is 0.270 e. The first-order valence-electron chi connectivity index (χ1n) is 6.38. The summed E-state index contributed by atoms with van der Waals surface area (Å²) in [6.07, 6.45) is 0. The van der Waals surface area contributed by atoms with E-state index < -0.39 is 4.92 Å². The lowest BCUT2D eigenvalue weighted by Crippen LogP contribution is -2.05. The van der Waals surface area contributed by atoms with Crippen LogP contribution in [0.4, 0.5) is 5.69 Å². The molecule has 0 aliphatic carbocycles. The van der Waals surface area contributed by atoms with Gasteiger partial charge >= 0.3 is 0 Å². The Balaban J connectivity index is 2.09. The van der Waals surface area contributed by atoms with E-state index in [0.717, 1.165) is 5.56 Å². The lowest BCUT2D eigenvalue weighted by Gasteiger charge is -2.10. The number of hydrogen-bond donors (Lipinski definition) is 1. The SMILES string of the molecule is C[C@H](N)c1cccc(OCc2ccc([N+](=O)[O-])cc2Cl)c1. The van der Waals surface area contributed by atoms with Crippen LogP contribution in [0.3, 0.4) is 0 Å². The molecule has 2 N–H and O–H groups in total. The molecule has 0 aliphatic rings. The third-order valence-electron chi connectivity index (χ3n) is 3.03. The number of nitrogens with two attached hydrogens (primary N) is 1. The predicted octanol–water partition coefficient (Wildman–Crippen LogP) is 3.85. The second-order valence-corrected chi connectivity index (χ2v) is 5.09. The van der Waals surface area contributed by atoms with Crippen LogP contribution in [0, 0.1) is 10.1 Å². The number of nitrogens with zero attached hydrogens (tertiary/aromatic N) is 1. The molecule has 0 saturated heterocycles. The maximum absolute atomic E-state index is 10.6. The van der Waals surface area contributed by atoms with Crippen LogP contribution in [-0.4, -0.2) is 4.92 Å². The molecule has 0 heterocycles. The van der Waals surface area contributed by atoms with E-state index in [1.807, 2.05) is 31.2 Å². The van der Waals surface area contributed by atoms with Gasteiger partial charge in [0.2, 0.25) is 0 Å². The van der Waals surface area contributed by atoms with Crippen molar-refractivity contribution >= 4 is 17.3 Å². The van der Waals surface area contributed by atoms with Gasteiger partial charge in [0, 0.05) is 23.7 Å². The van der Waals surface area contributed by atoms with Crippen LogP contribution in [0.15, 0.2) is 42.5 Å². The van der Waals surface area contributed by atoms with Crippen molar-refractivity contribution in [2.75, 3.05) is 0 Å². The maximum Gasteiger partial charge on any atom is 0.270 e. The Hall–Kier alpha value is -2.11. The number of ether oxygens (including phenoxy) is 1.